The molecule has 1 aliphatic rings. The van der Waals surface area contributed by atoms with Gasteiger partial charge in [-0.15, -0.1) is 11.8 Å². The van der Waals surface area contributed by atoms with E-state index in [4.69, 9.17) is 0 Å². The number of benzene rings is 2. The second-order valence-electron chi connectivity index (χ2n) is 7.25. The first-order valence-corrected chi connectivity index (χ1v) is 10.6. The van der Waals surface area contributed by atoms with Crippen molar-refractivity contribution in [1.82, 2.24) is 16.0 Å². The summed E-state index contributed by atoms with van der Waals surface area (Å²) in [5, 5.41) is 9.38. The Morgan fingerprint density at radius 1 is 1.17 bits per heavy atom. The summed E-state index contributed by atoms with van der Waals surface area (Å²) < 4.78 is 12.9. The molecule has 0 radical (unpaired) electrons. The number of nitrogens with one attached hydrogen (secondary N) is 3. The lowest BCUT2D eigenvalue weighted by atomic mass is 9.94. The van der Waals surface area contributed by atoms with E-state index in [-0.39, 0.29) is 40.8 Å². The maximum absolute atomic E-state index is 12.9. The fraction of sp³-hybridized carbons (Fsp3) is 0.364. The van der Waals surface area contributed by atoms with Crippen molar-refractivity contribution in [2.45, 2.75) is 43.6 Å². The fourth-order valence-corrected chi connectivity index (χ4v) is 4.48. The van der Waals surface area contributed by atoms with Gasteiger partial charge in [0.15, 0.2) is 0 Å². The highest BCUT2D eigenvalue weighted by molar-refractivity contribution is 8.00. The van der Waals surface area contributed by atoms with E-state index in [2.05, 4.69) is 35.0 Å². The van der Waals surface area contributed by atoms with E-state index in [1.165, 1.54) is 17.7 Å². The van der Waals surface area contributed by atoms with Crippen molar-refractivity contribution in [3.05, 3.63) is 71.5 Å². The van der Waals surface area contributed by atoms with Crippen molar-refractivity contribution in [1.29, 1.82) is 0 Å². The quantitative estimate of drug-likeness (QED) is 0.649. The lowest BCUT2D eigenvalue weighted by molar-refractivity contribution is -0.133. The second kappa shape index (κ2) is 9.89. The molecule has 0 aliphatic carbocycles. The smallest absolute Gasteiger partial charge is 0.227 e. The highest BCUT2D eigenvalue weighted by Gasteiger charge is 2.35. The van der Waals surface area contributed by atoms with E-state index in [1.807, 2.05) is 25.1 Å². The van der Waals surface area contributed by atoms with E-state index >= 15 is 0 Å². The van der Waals surface area contributed by atoms with Gasteiger partial charge in [0.2, 0.25) is 11.8 Å². The maximum atomic E-state index is 12.9. The summed E-state index contributed by atoms with van der Waals surface area (Å²) >= 11 is 1.64. The zero-order chi connectivity index (χ0) is 20.8. The molecule has 154 valence electrons. The molecule has 7 heteroatoms. The van der Waals surface area contributed by atoms with Crippen molar-refractivity contribution < 1.29 is 14.0 Å². The first kappa shape index (κ1) is 21.3. The van der Waals surface area contributed by atoms with Crippen LogP contribution in [0.1, 0.15) is 36.6 Å². The molecule has 3 N–H and O–H groups in total. The largest absolute Gasteiger partial charge is 0.352 e. The number of hydrogen-bond acceptors (Lipinski definition) is 4. The average molecular weight is 416 g/mol. The highest BCUT2D eigenvalue weighted by Crippen LogP contribution is 2.31. The number of thioether (sulfide) groups is 1. The summed E-state index contributed by atoms with van der Waals surface area (Å²) in [7, 11) is 0. The summed E-state index contributed by atoms with van der Waals surface area (Å²) in [5.74, 6) is -1.07. The third kappa shape index (κ3) is 6.05. The van der Waals surface area contributed by atoms with E-state index in [0.29, 0.717) is 6.54 Å². The van der Waals surface area contributed by atoms with E-state index in [0.717, 1.165) is 5.56 Å². The van der Waals surface area contributed by atoms with E-state index in [1.54, 1.807) is 23.9 Å². The van der Waals surface area contributed by atoms with Crippen LogP contribution in [-0.2, 0) is 16.1 Å². The van der Waals surface area contributed by atoms with Crippen LogP contribution >= 0.6 is 11.8 Å². The maximum Gasteiger partial charge on any atom is 0.227 e. The van der Waals surface area contributed by atoms with Crippen LogP contribution in [0.2, 0.25) is 0 Å². The van der Waals surface area contributed by atoms with Crippen LogP contribution in [0.25, 0.3) is 0 Å². The molecule has 4 unspecified atom stereocenters. The molecule has 0 spiro atoms. The van der Waals surface area contributed by atoms with Gasteiger partial charge in [0.25, 0.3) is 0 Å². The molecular formula is C22H26FN3O2S. The Kier molecular flexibility index (Phi) is 7.28. The molecule has 29 heavy (non-hydrogen) atoms. The van der Waals surface area contributed by atoms with Gasteiger partial charge in [-0.05, 0) is 37.1 Å². The van der Waals surface area contributed by atoms with Crippen LogP contribution < -0.4 is 16.0 Å². The molecule has 0 bridgehead atoms. The van der Waals surface area contributed by atoms with Crippen molar-refractivity contribution in [2.75, 3.05) is 0 Å². The Labute approximate surface area is 174 Å². The van der Waals surface area contributed by atoms with Crippen molar-refractivity contribution in [3.8, 4) is 0 Å². The van der Waals surface area contributed by atoms with Gasteiger partial charge in [-0.2, -0.15) is 0 Å². The Hall–Kier alpha value is -2.38. The van der Waals surface area contributed by atoms with Crippen molar-refractivity contribution in [2.24, 2.45) is 5.92 Å². The molecule has 0 saturated carbocycles. The zero-order valence-corrected chi connectivity index (χ0v) is 17.3. The van der Waals surface area contributed by atoms with Crippen LogP contribution in [0.3, 0.4) is 0 Å². The monoisotopic (exact) mass is 415 g/mol. The zero-order valence-electron chi connectivity index (χ0n) is 16.5. The molecule has 4 atom stereocenters. The first-order valence-electron chi connectivity index (χ1n) is 9.70. The third-order valence-electron chi connectivity index (χ3n) is 5.05. The molecule has 1 fully saturated rings. The Balaban J connectivity index is 1.48. The van der Waals surface area contributed by atoms with Gasteiger partial charge in [-0.3, -0.25) is 14.9 Å². The van der Waals surface area contributed by atoms with Gasteiger partial charge in [-0.25, -0.2) is 4.39 Å². The topological polar surface area (TPSA) is 70.2 Å². The molecular weight excluding hydrogens is 389 g/mol. The number of hydrogen-bond donors (Lipinski definition) is 3. The fourth-order valence-electron chi connectivity index (χ4n) is 3.28. The number of carbonyl (C=O) groups is 2. The molecule has 3 rings (SSSR count). The predicted molar refractivity (Wildman–Crippen MR) is 113 cm³/mol. The molecule has 1 aliphatic heterocycles. The Morgan fingerprint density at radius 3 is 2.52 bits per heavy atom. The number of amides is 2. The number of carbonyl (C=O) groups excluding carboxylic acids is 2. The van der Waals surface area contributed by atoms with E-state index in [9.17, 15) is 14.0 Å². The summed E-state index contributed by atoms with van der Waals surface area (Å²) in [4.78, 5) is 24.9. The Morgan fingerprint density at radius 2 is 1.86 bits per heavy atom. The average Bonchev–Trinajstić information content (AvgIpc) is 2.71. The number of halogens is 1. The van der Waals surface area contributed by atoms with Crippen LogP contribution in [-0.4, -0.2) is 23.4 Å². The predicted octanol–water partition coefficient (Wildman–Crippen LogP) is 3.33. The standard InChI is InChI=1S/C22H26FN3O2S/c1-14-19(12-20(27)24-13-16-8-10-18(23)11-9-16)21(28)26-22(25-14)29-15(2)17-6-4-3-5-7-17/h3-11,14-15,19,22,25H,12-13H2,1-2H3,(H,24,27)(H,26,28). The molecule has 0 aromatic heterocycles. The van der Waals surface area contributed by atoms with Crippen LogP contribution in [0, 0.1) is 11.7 Å². The molecule has 1 saturated heterocycles. The first-order chi connectivity index (χ1) is 13.9. The van der Waals surface area contributed by atoms with Gasteiger partial charge in [0.1, 0.15) is 11.3 Å². The third-order valence-corrected chi connectivity index (χ3v) is 6.25. The van der Waals surface area contributed by atoms with Crippen LogP contribution in [0.15, 0.2) is 54.6 Å². The summed E-state index contributed by atoms with van der Waals surface area (Å²) in [6.07, 6.45) is 0.104. The van der Waals surface area contributed by atoms with Gasteiger partial charge in [0.05, 0.1) is 5.92 Å². The van der Waals surface area contributed by atoms with Gasteiger partial charge in [0, 0.05) is 24.3 Å². The summed E-state index contributed by atoms with van der Waals surface area (Å²) in [6, 6.07) is 16.0. The second-order valence-corrected chi connectivity index (χ2v) is 8.70. The van der Waals surface area contributed by atoms with Crippen LogP contribution in [0.5, 0.6) is 0 Å². The molecule has 5 nitrogen and oxygen atoms in total. The minimum Gasteiger partial charge on any atom is -0.352 e. The highest BCUT2D eigenvalue weighted by atomic mass is 32.2. The van der Waals surface area contributed by atoms with Crippen molar-refractivity contribution in [3.63, 3.8) is 0 Å². The SMILES string of the molecule is CC(SC1NC(=O)C(CC(=O)NCc2ccc(F)cc2)C(C)N1)c1ccccc1. The van der Waals surface area contributed by atoms with Gasteiger partial charge >= 0.3 is 0 Å². The summed E-state index contributed by atoms with van der Waals surface area (Å²) in [6.45, 7) is 4.34. The Bertz CT molecular complexity index is 832. The lowest BCUT2D eigenvalue weighted by Gasteiger charge is -2.36. The molecule has 2 amide bonds. The van der Waals surface area contributed by atoms with E-state index < -0.39 is 5.92 Å². The normalized spacial score (nSPS) is 22.6. The molecule has 2 aromatic rings. The minimum atomic E-state index is -0.438. The minimum absolute atomic E-state index is 0.104. The molecule has 1 heterocycles. The summed E-state index contributed by atoms with van der Waals surface area (Å²) in [5.41, 5.74) is 1.81. The van der Waals surface area contributed by atoms with Gasteiger partial charge < -0.3 is 10.6 Å². The molecule has 2 aromatic carbocycles. The van der Waals surface area contributed by atoms with Gasteiger partial charge in [-0.1, -0.05) is 42.5 Å². The number of rotatable bonds is 7. The van der Waals surface area contributed by atoms with Crippen molar-refractivity contribution >= 4 is 23.6 Å². The lowest BCUT2D eigenvalue weighted by Crippen LogP contribution is -2.59. The van der Waals surface area contributed by atoms with Crippen LogP contribution in [0.4, 0.5) is 4.39 Å².